The van der Waals surface area contributed by atoms with Crippen LogP contribution in [0.5, 0.6) is 0 Å². The lowest BCUT2D eigenvalue weighted by atomic mass is 10.3. The molecule has 0 unspecified atom stereocenters. The van der Waals surface area contributed by atoms with Crippen molar-refractivity contribution in [3.63, 3.8) is 0 Å². The summed E-state index contributed by atoms with van der Waals surface area (Å²) in [5.41, 5.74) is 0. The Bertz CT molecular complexity index is 185. The minimum Gasteiger partial charge on any atom is -0.394 e. The molecule has 0 radical (unpaired) electrons. The summed E-state index contributed by atoms with van der Waals surface area (Å²) in [6.07, 6.45) is 0. The SMILES string of the molecule is CN(CCOCCO)CCN1CCN(C)CC1. The first kappa shape index (κ1) is 14.9. The Balaban J connectivity index is 1.97. The van der Waals surface area contributed by atoms with E-state index in [1.54, 1.807) is 0 Å². The molecule has 0 amide bonds. The van der Waals surface area contributed by atoms with Gasteiger partial charge in [0.15, 0.2) is 0 Å². The van der Waals surface area contributed by atoms with E-state index in [2.05, 4.69) is 28.8 Å². The molecule has 0 aromatic carbocycles. The van der Waals surface area contributed by atoms with Gasteiger partial charge in [0.25, 0.3) is 0 Å². The van der Waals surface area contributed by atoms with Gasteiger partial charge in [-0.15, -0.1) is 0 Å². The van der Waals surface area contributed by atoms with Gasteiger partial charge in [0.05, 0.1) is 19.8 Å². The van der Waals surface area contributed by atoms with Crippen LogP contribution in [-0.4, -0.2) is 99.5 Å². The predicted octanol–water partition coefficient (Wildman–Crippen LogP) is -0.825. The molecule has 0 bridgehead atoms. The summed E-state index contributed by atoms with van der Waals surface area (Å²) >= 11 is 0. The molecule has 5 nitrogen and oxygen atoms in total. The molecule has 0 aliphatic carbocycles. The molecule has 1 heterocycles. The van der Waals surface area contributed by atoms with Gasteiger partial charge in [0.2, 0.25) is 0 Å². The van der Waals surface area contributed by atoms with Gasteiger partial charge in [-0.1, -0.05) is 0 Å². The van der Waals surface area contributed by atoms with Crippen LogP contribution in [0.2, 0.25) is 0 Å². The lowest BCUT2D eigenvalue weighted by Gasteiger charge is -2.33. The van der Waals surface area contributed by atoms with Crippen LogP contribution in [0, 0.1) is 0 Å². The molecule has 0 aromatic heterocycles. The summed E-state index contributed by atoms with van der Waals surface area (Å²) in [7, 11) is 4.31. The summed E-state index contributed by atoms with van der Waals surface area (Å²) in [4.78, 5) is 7.18. The summed E-state index contributed by atoms with van der Waals surface area (Å²) < 4.78 is 5.25. The number of likely N-dealkylation sites (N-methyl/N-ethyl adjacent to an activating group) is 2. The van der Waals surface area contributed by atoms with E-state index in [1.807, 2.05) is 0 Å². The van der Waals surface area contributed by atoms with Gasteiger partial charge in [-0.3, -0.25) is 4.90 Å². The van der Waals surface area contributed by atoms with E-state index in [0.717, 1.165) is 19.6 Å². The molecule has 0 saturated carbocycles. The minimum atomic E-state index is 0.116. The third-order valence-corrected chi connectivity index (χ3v) is 3.25. The van der Waals surface area contributed by atoms with Crippen molar-refractivity contribution in [3.8, 4) is 0 Å². The maximum Gasteiger partial charge on any atom is 0.0698 e. The van der Waals surface area contributed by atoms with Crippen molar-refractivity contribution in [2.24, 2.45) is 0 Å². The van der Waals surface area contributed by atoms with E-state index in [4.69, 9.17) is 9.84 Å². The van der Waals surface area contributed by atoms with Crippen molar-refractivity contribution < 1.29 is 9.84 Å². The van der Waals surface area contributed by atoms with Gasteiger partial charge in [-0.25, -0.2) is 0 Å². The number of piperazine rings is 1. The molecule has 1 N–H and O–H groups in total. The Morgan fingerprint density at radius 3 is 2.47 bits per heavy atom. The number of aliphatic hydroxyl groups is 1. The highest BCUT2D eigenvalue weighted by molar-refractivity contribution is 4.70. The van der Waals surface area contributed by atoms with Crippen LogP contribution in [0.3, 0.4) is 0 Å². The van der Waals surface area contributed by atoms with Crippen LogP contribution in [0.4, 0.5) is 0 Å². The second-order valence-electron chi connectivity index (χ2n) is 4.78. The Morgan fingerprint density at radius 2 is 1.82 bits per heavy atom. The quantitative estimate of drug-likeness (QED) is 0.566. The zero-order valence-electron chi connectivity index (χ0n) is 11.3. The number of nitrogens with zero attached hydrogens (tertiary/aromatic N) is 3. The van der Waals surface area contributed by atoms with Crippen LogP contribution in [0.25, 0.3) is 0 Å². The molecule has 1 aliphatic rings. The van der Waals surface area contributed by atoms with Crippen molar-refractivity contribution in [3.05, 3.63) is 0 Å². The lowest BCUT2D eigenvalue weighted by molar-refractivity contribution is 0.0743. The molecule has 0 atom stereocenters. The summed E-state index contributed by atoms with van der Waals surface area (Å²) in [5.74, 6) is 0. The summed E-state index contributed by atoms with van der Waals surface area (Å²) in [6.45, 7) is 9.19. The highest BCUT2D eigenvalue weighted by Gasteiger charge is 2.13. The fourth-order valence-corrected chi connectivity index (χ4v) is 1.88. The zero-order chi connectivity index (χ0) is 12.5. The zero-order valence-corrected chi connectivity index (χ0v) is 11.3. The topological polar surface area (TPSA) is 39.2 Å². The number of rotatable bonds is 8. The summed E-state index contributed by atoms with van der Waals surface area (Å²) in [5, 5.41) is 8.58. The highest BCUT2D eigenvalue weighted by atomic mass is 16.5. The molecule has 0 spiro atoms. The van der Waals surface area contributed by atoms with E-state index in [0.29, 0.717) is 13.2 Å². The van der Waals surface area contributed by atoms with Crippen LogP contribution >= 0.6 is 0 Å². The second kappa shape index (κ2) is 8.83. The van der Waals surface area contributed by atoms with E-state index >= 15 is 0 Å². The Labute approximate surface area is 105 Å². The molecule has 102 valence electrons. The smallest absolute Gasteiger partial charge is 0.0698 e. The Kier molecular flexibility index (Phi) is 7.72. The summed E-state index contributed by atoms with van der Waals surface area (Å²) in [6, 6.07) is 0. The molecule has 5 heteroatoms. The van der Waals surface area contributed by atoms with Crippen molar-refractivity contribution in [1.29, 1.82) is 0 Å². The van der Waals surface area contributed by atoms with Crippen LogP contribution in [-0.2, 0) is 4.74 Å². The van der Waals surface area contributed by atoms with Crippen molar-refractivity contribution in [1.82, 2.24) is 14.7 Å². The van der Waals surface area contributed by atoms with Gasteiger partial charge in [-0.05, 0) is 14.1 Å². The van der Waals surface area contributed by atoms with E-state index in [9.17, 15) is 0 Å². The normalized spacial score (nSPS) is 19.1. The average molecular weight is 245 g/mol. The highest BCUT2D eigenvalue weighted by Crippen LogP contribution is 1.98. The number of hydrogen-bond acceptors (Lipinski definition) is 5. The number of hydrogen-bond donors (Lipinski definition) is 1. The molecule has 1 fully saturated rings. The number of ether oxygens (including phenoxy) is 1. The van der Waals surface area contributed by atoms with Gasteiger partial charge < -0.3 is 19.6 Å². The van der Waals surface area contributed by atoms with E-state index in [-0.39, 0.29) is 6.61 Å². The Hall–Kier alpha value is -0.200. The standard InChI is InChI=1S/C12H27N3O2/c1-13-3-6-15(7-4-13)8-5-14(2)9-11-17-12-10-16/h16H,3-12H2,1-2H3. The molecule has 0 aromatic rings. The maximum absolute atomic E-state index is 8.58. The molecule has 1 saturated heterocycles. The fourth-order valence-electron chi connectivity index (χ4n) is 1.88. The van der Waals surface area contributed by atoms with Crippen LogP contribution in [0.1, 0.15) is 0 Å². The lowest BCUT2D eigenvalue weighted by Crippen LogP contribution is -2.46. The fraction of sp³-hybridized carbons (Fsp3) is 1.00. The maximum atomic E-state index is 8.58. The van der Waals surface area contributed by atoms with Gasteiger partial charge in [0.1, 0.15) is 0 Å². The van der Waals surface area contributed by atoms with Gasteiger partial charge in [0, 0.05) is 45.8 Å². The van der Waals surface area contributed by atoms with Crippen LogP contribution in [0.15, 0.2) is 0 Å². The number of aliphatic hydroxyl groups excluding tert-OH is 1. The average Bonchev–Trinajstić information content (AvgIpc) is 2.34. The largest absolute Gasteiger partial charge is 0.394 e. The molecular formula is C12H27N3O2. The van der Waals surface area contributed by atoms with Crippen LogP contribution < -0.4 is 0 Å². The van der Waals surface area contributed by atoms with Crippen molar-refractivity contribution >= 4 is 0 Å². The van der Waals surface area contributed by atoms with Crippen molar-refractivity contribution in [2.75, 3.05) is 79.7 Å². The second-order valence-corrected chi connectivity index (χ2v) is 4.78. The molecular weight excluding hydrogens is 218 g/mol. The monoisotopic (exact) mass is 245 g/mol. The first-order valence-corrected chi connectivity index (χ1v) is 6.50. The Morgan fingerprint density at radius 1 is 1.12 bits per heavy atom. The predicted molar refractivity (Wildman–Crippen MR) is 69.3 cm³/mol. The van der Waals surface area contributed by atoms with Gasteiger partial charge in [-0.2, -0.15) is 0 Å². The van der Waals surface area contributed by atoms with E-state index < -0.39 is 0 Å². The van der Waals surface area contributed by atoms with Gasteiger partial charge >= 0.3 is 0 Å². The molecule has 1 rings (SSSR count). The third kappa shape index (κ3) is 6.95. The first-order chi connectivity index (χ1) is 8.22. The third-order valence-electron chi connectivity index (χ3n) is 3.25. The minimum absolute atomic E-state index is 0.116. The van der Waals surface area contributed by atoms with Crippen molar-refractivity contribution in [2.45, 2.75) is 0 Å². The molecule has 17 heavy (non-hydrogen) atoms. The first-order valence-electron chi connectivity index (χ1n) is 6.50. The van der Waals surface area contributed by atoms with E-state index in [1.165, 1.54) is 26.2 Å². The molecule has 1 aliphatic heterocycles.